The second-order valence-corrected chi connectivity index (χ2v) is 7.49. The average Bonchev–Trinajstić information content (AvgIpc) is 3.38. The van der Waals surface area contributed by atoms with E-state index in [4.69, 9.17) is 23.5 Å². The minimum Gasteiger partial charge on any atom is -0.496 e. The van der Waals surface area contributed by atoms with E-state index in [2.05, 4.69) is 15.5 Å². The van der Waals surface area contributed by atoms with Crippen molar-refractivity contribution in [3.05, 3.63) is 65.7 Å². The second-order valence-electron chi connectivity index (χ2n) is 7.49. The van der Waals surface area contributed by atoms with Gasteiger partial charge >= 0.3 is 0 Å². The van der Waals surface area contributed by atoms with Gasteiger partial charge in [-0.25, -0.2) is 0 Å². The SMILES string of the molecule is COc1cc(-c2noc(-c3ccccc3NC(=O)c3cccc(C)c3OC)n2)cc(OC)c1OC. The van der Waals surface area contributed by atoms with E-state index in [0.717, 1.165) is 5.56 Å². The first-order valence-corrected chi connectivity index (χ1v) is 10.7. The Morgan fingerprint density at radius 2 is 1.54 bits per heavy atom. The number of hydrogen-bond donors (Lipinski definition) is 1. The number of ether oxygens (including phenoxy) is 4. The molecule has 0 bridgehead atoms. The van der Waals surface area contributed by atoms with Crippen LogP contribution in [0.25, 0.3) is 22.8 Å². The number of para-hydroxylation sites is 2. The first kappa shape index (κ1) is 23.6. The van der Waals surface area contributed by atoms with Gasteiger partial charge in [-0.2, -0.15) is 4.98 Å². The Balaban J connectivity index is 1.68. The van der Waals surface area contributed by atoms with E-state index in [0.29, 0.717) is 51.2 Å². The van der Waals surface area contributed by atoms with Crippen LogP contribution in [0.15, 0.2) is 59.1 Å². The molecule has 1 N–H and O–H groups in total. The van der Waals surface area contributed by atoms with Gasteiger partial charge in [0.2, 0.25) is 11.6 Å². The summed E-state index contributed by atoms with van der Waals surface area (Å²) in [5, 5.41) is 7.04. The molecule has 1 aromatic heterocycles. The zero-order valence-electron chi connectivity index (χ0n) is 20.0. The van der Waals surface area contributed by atoms with Crippen LogP contribution in [0.2, 0.25) is 0 Å². The number of hydrogen-bond acceptors (Lipinski definition) is 8. The third-order valence-electron chi connectivity index (χ3n) is 5.42. The molecule has 0 aliphatic heterocycles. The smallest absolute Gasteiger partial charge is 0.260 e. The Kier molecular flexibility index (Phi) is 6.86. The fourth-order valence-corrected chi connectivity index (χ4v) is 3.73. The number of benzene rings is 3. The molecule has 35 heavy (non-hydrogen) atoms. The van der Waals surface area contributed by atoms with Crippen molar-refractivity contribution in [1.82, 2.24) is 10.1 Å². The molecular weight excluding hydrogens is 450 g/mol. The van der Waals surface area contributed by atoms with Gasteiger partial charge < -0.3 is 28.8 Å². The monoisotopic (exact) mass is 475 g/mol. The van der Waals surface area contributed by atoms with Gasteiger partial charge in [0.05, 0.1) is 45.3 Å². The fourth-order valence-electron chi connectivity index (χ4n) is 3.73. The van der Waals surface area contributed by atoms with Gasteiger partial charge in [-0.1, -0.05) is 29.4 Å². The van der Waals surface area contributed by atoms with Gasteiger partial charge in [-0.3, -0.25) is 4.79 Å². The Morgan fingerprint density at radius 1 is 0.857 bits per heavy atom. The molecule has 3 aromatic carbocycles. The lowest BCUT2D eigenvalue weighted by Gasteiger charge is -2.13. The lowest BCUT2D eigenvalue weighted by Crippen LogP contribution is -2.14. The molecule has 180 valence electrons. The molecule has 0 saturated carbocycles. The summed E-state index contributed by atoms with van der Waals surface area (Å²) in [6.07, 6.45) is 0. The minimum absolute atomic E-state index is 0.237. The van der Waals surface area contributed by atoms with Crippen molar-refractivity contribution in [2.24, 2.45) is 0 Å². The summed E-state index contributed by atoms with van der Waals surface area (Å²) < 4.78 is 27.2. The van der Waals surface area contributed by atoms with Crippen molar-refractivity contribution in [2.45, 2.75) is 6.92 Å². The molecule has 1 heterocycles. The lowest BCUT2D eigenvalue weighted by atomic mass is 10.1. The van der Waals surface area contributed by atoms with Crippen LogP contribution in [0.5, 0.6) is 23.0 Å². The molecule has 0 atom stereocenters. The number of aromatic nitrogens is 2. The predicted molar refractivity (Wildman–Crippen MR) is 131 cm³/mol. The van der Waals surface area contributed by atoms with Gasteiger partial charge in [0.25, 0.3) is 11.8 Å². The van der Waals surface area contributed by atoms with E-state index < -0.39 is 0 Å². The largest absolute Gasteiger partial charge is 0.496 e. The van der Waals surface area contributed by atoms with E-state index in [-0.39, 0.29) is 11.8 Å². The Hall–Kier alpha value is -4.53. The molecule has 4 rings (SSSR count). The van der Waals surface area contributed by atoms with Crippen LogP contribution in [0.4, 0.5) is 5.69 Å². The van der Waals surface area contributed by atoms with Crippen LogP contribution in [0.3, 0.4) is 0 Å². The first-order valence-electron chi connectivity index (χ1n) is 10.7. The predicted octanol–water partition coefficient (Wildman–Crippen LogP) is 5.00. The molecule has 0 radical (unpaired) electrons. The maximum absolute atomic E-state index is 13.1. The number of aryl methyl sites for hydroxylation is 1. The molecule has 0 saturated heterocycles. The topological polar surface area (TPSA) is 105 Å². The van der Waals surface area contributed by atoms with Gasteiger partial charge in [0.1, 0.15) is 5.75 Å². The van der Waals surface area contributed by atoms with Crippen LogP contribution >= 0.6 is 0 Å². The highest BCUT2D eigenvalue weighted by molar-refractivity contribution is 6.08. The highest BCUT2D eigenvalue weighted by Gasteiger charge is 2.20. The maximum Gasteiger partial charge on any atom is 0.260 e. The second kappa shape index (κ2) is 10.2. The van der Waals surface area contributed by atoms with Crippen LogP contribution in [0, 0.1) is 6.92 Å². The van der Waals surface area contributed by atoms with Gasteiger partial charge in [0, 0.05) is 5.56 Å². The van der Waals surface area contributed by atoms with E-state index in [9.17, 15) is 4.79 Å². The molecular formula is C26H25N3O6. The third kappa shape index (κ3) is 4.61. The molecule has 9 nitrogen and oxygen atoms in total. The van der Waals surface area contributed by atoms with Crippen molar-refractivity contribution in [3.63, 3.8) is 0 Å². The van der Waals surface area contributed by atoms with E-state index in [1.165, 1.54) is 28.4 Å². The van der Waals surface area contributed by atoms with Crippen LogP contribution in [-0.4, -0.2) is 44.5 Å². The summed E-state index contributed by atoms with van der Waals surface area (Å²) in [5.74, 6) is 2.15. The summed E-state index contributed by atoms with van der Waals surface area (Å²) in [4.78, 5) is 17.6. The number of anilines is 1. The summed E-state index contributed by atoms with van der Waals surface area (Å²) in [6.45, 7) is 1.88. The number of methoxy groups -OCH3 is 4. The summed E-state index contributed by atoms with van der Waals surface area (Å²) in [7, 11) is 6.13. The van der Waals surface area contributed by atoms with Crippen LogP contribution in [-0.2, 0) is 0 Å². The molecule has 0 aliphatic carbocycles. The molecule has 0 spiro atoms. The standard InChI is InChI=1S/C26H25N3O6/c1-15-9-8-11-18(22(15)33-4)25(30)27-19-12-7-6-10-17(19)26-28-24(29-35-26)16-13-20(31-2)23(34-5)21(14-16)32-3/h6-14H,1-5H3,(H,27,30). The Labute approximate surface area is 202 Å². The first-order chi connectivity index (χ1) is 17.0. The number of nitrogens with one attached hydrogen (secondary N) is 1. The number of amides is 1. The van der Waals surface area contributed by atoms with Crippen molar-refractivity contribution >= 4 is 11.6 Å². The normalized spacial score (nSPS) is 10.5. The highest BCUT2D eigenvalue weighted by atomic mass is 16.5. The highest BCUT2D eigenvalue weighted by Crippen LogP contribution is 2.41. The van der Waals surface area contributed by atoms with Crippen molar-refractivity contribution in [1.29, 1.82) is 0 Å². The maximum atomic E-state index is 13.1. The van der Waals surface area contributed by atoms with E-state index in [1.54, 1.807) is 36.4 Å². The van der Waals surface area contributed by atoms with Crippen LogP contribution in [0.1, 0.15) is 15.9 Å². The van der Waals surface area contributed by atoms with Gasteiger partial charge in [-0.05, 0) is 42.8 Å². The molecule has 0 aliphatic rings. The molecule has 9 heteroatoms. The van der Waals surface area contributed by atoms with Gasteiger partial charge in [0.15, 0.2) is 11.5 Å². The summed E-state index contributed by atoms with van der Waals surface area (Å²) in [6, 6.07) is 16.0. The van der Waals surface area contributed by atoms with E-state index in [1.807, 2.05) is 25.1 Å². The molecule has 4 aromatic rings. The number of rotatable bonds is 8. The zero-order valence-corrected chi connectivity index (χ0v) is 20.0. The van der Waals surface area contributed by atoms with Gasteiger partial charge in [-0.15, -0.1) is 0 Å². The number of carbonyl (C=O) groups is 1. The van der Waals surface area contributed by atoms with Crippen molar-refractivity contribution < 1.29 is 28.3 Å². The van der Waals surface area contributed by atoms with Crippen LogP contribution < -0.4 is 24.3 Å². The summed E-state index contributed by atoms with van der Waals surface area (Å²) in [5.41, 5.74) is 2.98. The van der Waals surface area contributed by atoms with Crippen molar-refractivity contribution in [2.75, 3.05) is 33.8 Å². The minimum atomic E-state index is -0.317. The molecule has 0 fully saturated rings. The summed E-state index contributed by atoms with van der Waals surface area (Å²) >= 11 is 0. The fraction of sp³-hybridized carbons (Fsp3) is 0.192. The quantitative estimate of drug-likeness (QED) is 0.380. The Bertz CT molecular complexity index is 1340. The number of carbonyl (C=O) groups excluding carboxylic acids is 1. The molecule has 1 amide bonds. The number of nitrogens with zero attached hydrogens (tertiary/aromatic N) is 2. The van der Waals surface area contributed by atoms with Crippen molar-refractivity contribution in [3.8, 4) is 45.8 Å². The zero-order chi connectivity index (χ0) is 24.9. The third-order valence-corrected chi connectivity index (χ3v) is 5.42. The average molecular weight is 476 g/mol. The Morgan fingerprint density at radius 3 is 2.20 bits per heavy atom. The molecule has 0 unspecified atom stereocenters. The lowest BCUT2D eigenvalue weighted by molar-refractivity contribution is 0.102. The van der Waals surface area contributed by atoms with E-state index >= 15 is 0 Å².